The molecular formula is C17H17NO3. The van der Waals surface area contributed by atoms with Gasteiger partial charge in [0, 0.05) is 5.92 Å². The zero-order chi connectivity index (χ0) is 14.4. The summed E-state index contributed by atoms with van der Waals surface area (Å²) in [6.45, 7) is 0.205. The third-order valence-corrected chi connectivity index (χ3v) is 5.13. The largest absolute Gasteiger partial charge is 0.454 e. The van der Waals surface area contributed by atoms with Gasteiger partial charge in [-0.3, -0.25) is 4.79 Å². The standard InChI is InChI=1S/C17H17NO3/c18-8-13(10-5-6-14-15(7-10)21-9-20-14)17(19)16-11-3-1-2-4-12(11)16/h5-7,11-13,16H,1-4,9H2. The van der Waals surface area contributed by atoms with E-state index >= 15 is 0 Å². The fourth-order valence-corrected chi connectivity index (χ4v) is 4.00. The van der Waals surface area contributed by atoms with E-state index in [1.165, 1.54) is 12.8 Å². The molecule has 108 valence electrons. The summed E-state index contributed by atoms with van der Waals surface area (Å²) in [6.07, 6.45) is 4.76. The fourth-order valence-electron chi connectivity index (χ4n) is 4.00. The number of nitrogens with zero attached hydrogens (tertiary/aromatic N) is 1. The molecule has 0 saturated heterocycles. The Morgan fingerprint density at radius 1 is 1.19 bits per heavy atom. The van der Waals surface area contributed by atoms with Gasteiger partial charge in [-0.15, -0.1) is 0 Å². The minimum atomic E-state index is -0.671. The van der Waals surface area contributed by atoms with Crippen LogP contribution in [0.25, 0.3) is 0 Å². The molecule has 21 heavy (non-hydrogen) atoms. The van der Waals surface area contributed by atoms with Gasteiger partial charge in [-0.05, 0) is 42.4 Å². The summed E-state index contributed by atoms with van der Waals surface area (Å²) in [5.74, 6) is 1.94. The Hall–Kier alpha value is -2.02. The molecule has 3 unspecified atom stereocenters. The monoisotopic (exact) mass is 283 g/mol. The first kappa shape index (κ1) is 12.7. The Balaban J connectivity index is 1.57. The SMILES string of the molecule is N#CC(C(=O)C1C2CCCCC21)c1ccc2c(c1)OCO2. The summed E-state index contributed by atoms with van der Waals surface area (Å²) in [5, 5.41) is 9.47. The maximum absolute atomic E-state index is 12.7. The molecule has 3 aliphatic rings. The summed E-state index contributed by atoms with van der Waals surface area (Å²) in [5.41, 5.74) is 0.732. The van der Waals surface area contributed by atoms with Crippen molar-refractivity contribution in [3.8, 4) is 17.6 Å². The molecule has 1 aromatic carbocycles. The highest BCUT2D eigenvalue weighted by atomic mass is 16.7. The van der Waals surface area contributed by atoms with Gasteiger partial charge < -0.3 is 9.47 Å². The third kappa shape index (κ3) is 1.99. The lowest BCUT2D eigenvalue weighted by Gasteiger charge is -2.09. The minimum absolute atomic E-state index is 0.105. The molecule has 0 bridgehead atoms. The van der Waals surface area contributed by atoms with Crippen molar-refractivity contribution in [3.63, 3.8) is 0 Å². The number of ether oxygens (including phenoxy) is 2. The predicted molar refractivity (Wildman–Crippen MR) is 74.9 cm³/mol. The van der Waals surface area contributed by atoms with Gasteiger partial charge in [0.05, 0.1) is 6.07 Å². The molecule has 4 heteroatoms. The molecule has 0 N–H and O–H groups in total. The molecule has 3 atom stereocenters. The number of benzene rings is 1. The molecule has 4 nitrogen and oxygen atoms in total. The zero-order valence-electron chi connectivity index (χ0n) is 11.7. The van der Waals surface area contributed by atoms with Crippen LogP contribution >= 0.6 is 0 Å². The number of nitriles is 1. The fraction of sp³-hybridized carbons (Fsp3) is 0.529. The second-order valence-corrected chi connectivity index (χ2v) is 6.22. The van der Waals surface area contributed by atoms with E-state index in [2.05, 4.69) is 6.07 Å². The molecule has 0 amide bonds. The maximum atomic E-state index is 12.7. The number of Topliss-reactive ketones (excluding diaryl/α,β-unsaturated/α-hetero) is 1. The summed E-state index contributed by atoms with van der Waals surface area (Å²) < 4.78 is 10.6. The van der Waals surface area contributed by atoms with E-state index in [0.29, 0.717) is 23.3 Å². The van der Waals surface area contributed by atoms with Crippen molar-refractivity contribution in [2.24, 2.45) is 17.8 Å². The van der Waals surface area contributed by atoms with Crippen molar-refractivity contribution in [2.75, 3.05) is 6.79 Å². The Bertz CT molecular complexity index is 621. The van der Waals surface area contributed by atoms with Gasteiger partial charge in [0.15, 0.2) is 17.3 Å². The second kappa shape index (κ2) is 4.77. The molecule has 1 heterocycles. The van der Waals surface area contributed by atoms with Crippen LogP contribution in [0.5, 0.6) is 11.5 Å². The average Bonchev–Trinajstić information content (AvgIpc) is 3.06. The smallest absolute Gasteiger partial charge is 0.231 e. The molecule has 4 rings (SSSR count). The van der Waals surface area contributed by atoms with E-state index in [-0.39, 0.29) is 18.5 Å². The lowest BCUT2D eigenvalue weighted by molar-refractivity contribution is -0.121. The molecule has 2 aliphatic carbocycles. The number of carbonyl (C=O) groups excluding carboxylic acids is 1. The van der Waals surface area contributed by atoms with Crippen LogP contribution in [-0.4, -0.2) is 12.6 Å². The van der Waals surface area contributed by atoms with E-state index < -0.39 is 5.92 Å². The van der Waals surface area contributed by atoms with Crippen LogP contribution in [0.4, 0.5) is 0 Å². The molecule has 1 aliphatic heterocycles. The van der Waals surface area contributed by atoms with Gasteiger partial charge in [-0.1, -0.05) is 18.9 Å². The van der Waals surface area contributed by atoms with Crippen LogP contribution in [0, 0.1) is 29.1 Å². The van der Waals surface area contributed by atoms with Gasteiger partial charge in [-0.25, -0.2) is 0 Å². The Labute approximate surface area is 123 Å². The van der Waals surface area contributed by atoms with Crippen LogP contribution in [0.15, 0.2) is 18.2 Å². The van der Waals surface area contributed by atoms with Crippen LogP contribution in [0.1, 0.15) is 37.2 Å². The first-order valence-electron chi connectivity index (χ1n) is 7.62. The van der Waals surface area contributed by atoms with Crippen LogP contribution in [-0.2, 0) is 4.79 Å². The number of ketones is 1. The average molecular weight is 283 g/mol. The van der Waals surface area contributed by atoms with E-state index in [1.807, 2.05) is 6.07 Å². The highest BCUT2D eigenvalue weighted by Gasteiger charge is 2.55. The lowest BCUT2D eigenvalue weighted by atomic mass is 9.92. The van der Waals surface area contributed by atoms with Crippen molar-refractivity contribution in [1.29, 1.82) is 5.26 Å². The second-order valence-electron chi connectivity index (χ2n) is 6.22. The van der Waals surface area contributed by atoms with Crippen molar-refractivity contribution in [2.45, 2.75) is 31.6 Å². The van der Waals surface area contributed by atoms with Gasteiger partial charge in [0.1, 0.15) is 5.92 Å². The Kier molecular flexibility index (Phi) is 2.88. The summed E-state index contributed by atoms with van der Waals surface area (Å²) in [6, 6.07) is 7.57. The van der Waals surface area contributed by atoms with Crippen LogP contribution < -0.4 is 9.47 Å². The third-order valence-electron chi connectivity index (χ3n) is 5.13. The zero-order valence-corrected chi connectivity index (χ0v) is 11.7. The summed E-state index contributed by atoms with van der Waals surface area (Å²) in [4.78, 5) is 12.7. The lowest BCUT2D eigenvalue weighted by Crippen LogP contribution is -2.14. The normalized spacial score (nSPS) is 30.1. The summed E-state index contributed by atoms with van der Waals surface area (Å²) >= 11 is 0. The number of rotatable bonds is 3. The van der Waals surface area contributed by atoms with E-state index in [1.54, 1.807) is 12.1 Å². The van der Waals surface area contributed by atoms with E-state index in [4.69, 9.17) is 9.47 Å². The predicted octanol–water partition coefficient (Wildman–Crippen LogP) is 3.03. The van der Waals surface area contributed by atoms with E-state index in [9.17, 15) is 10.1 Å². The molecule has 0 radical (unpaired) electrons. The first-order valence-corrected chi connectivity index (χ1v) is 7.62. The molecule has 0 aromatic heterocycles. The van der Waals surface area contributed by atoms with Gasteiger partial charge in [0.25, 0.3) is 0 Å². The first-order chi connectivity index (χ1) is 10.3. The maximum Gasteiger partial charge on any atom is 0.231 e. The molecule has 0 spiro atoms. The molecule has 2 saturated carbocycles. The van der Waals surface area contributed by atoms with Gasteiger partial charge in [-0.2, -0.15) is 5.26 Å². The highest BCUT2D eigenvalue weighted by Crippen LogP contribution is 2.57. The molecule has 1 aromatic rings. The van der Waals surface area contributed by atoms with Crippen molar-refractivity contribution < 1.29 is 14.3 Å². The number of fused-ring (bicyclic) bond motifs is 2. The van der Waals surface area contributed by atoms with Gasteiger partial charge >= 0.3 is 0 Å². The number of hydrogen-bond donors (Lipinski definition) is 0. The molecule has 2 fully saturated rings. The van der Waals surface area contributed by atoms with Crippen molar-refractivity contribution in [3.05, 3.63) is 23.8 Å². The highest BCUT2D eigenvalue weighted by molar-refractivity contribution is 5.93. The van der Waals surface area contributed by atoms with Crippen molar-refractivity contribution >= 4 is 5.78 Å². The van der Waals surface area contributed by atoms with E-state index in [0.717, 1.165) is 18.4 Å². The Morgan fingerprint density at radius 2 is 1.90 bits per heavy atom. The summed E-state index contributed by atoms with van der Waals surface area (Å²) in [7, 11) is 0. The van der Waals surface area contributed by atoms with Crippen LogP contribution in [0.3, 0.4) is 0 Å². The topological polar surface area (TPSA) is 59.3 Å². The van der Waals surface area contributed by atoms with Gasteiger partial charge in [0.2, 0.25) is 6.79 Å². The Morgan fingerprint density at radius 3 is 2.62 bits per heavy atom. The molecular weight excluding hydrogens is 266 g/mol. The van der Waals surface area contributed by atoms with Crippen LogP contribution in [0.2, 0.25) is 0 Å². The van der Waals surface area contributed by atoms with Crippen molar-refractivity contribution in [1.82, 2.24) is 0 Å². The number of hydrogen-bond acceptors (Lipinski definition) is 4. The minimum Gasteiger partial charge on any atom is -0.454 e. The number of carbonyl (C=O) groups is 1. The quantitative estimate of drug-likeness (QED) is 0.855.